The van der Waals surface area contributed by atoms with E-state index < -0.39 is 0 Å². The highest BCUT2D eigenvalue weighted by atomic mass is 32.2. The minimum Gasteiger partial charge on any atom is -0.497 e. The second kappa shape index (κ2) is 9.58. The van der Waals surface area contributed by atoms with E-state index in [-0.39, 0.29) is 23.6 Å². The van der Waals surface area contributed by atoms with E-state index in [4.69, 9.17) is 14.3 Å². The molecule has 2 aromatic heterocycles. The van der Waals surface area contributed by atoms with Crippen LogP contribution in [0.5, 0.6) is 5.75 Å². The molecule has 1 amide bonds. The maximum atomic E-state index is 13.5. The Morgan fingerprint density at radius 3 is 2.69 bits per heavy atom. The molecule has 0 N–H and O–H groups in total. The third kappa shape index (κ3) is 4.15. The molecule has 0 unspecified atom stereocenters. The number of amides is 1. The van der Waals surface area contributed by atoms with Gasteiger partial charge in [-0.3, -0.25) is 9.78 Å². The third-order valence-electron chi connectivity index (χ3n) is 6.60. The molecule has 8 nitrogen and oxygen atoms in total. The van der Waals surface area contributed by atoms with Gasteiger partial charge in [-0.15, -0.1) is 10.2 Å². The van der Waals surface area contributed by atoms with Crippen molar-refractivity contribution in [3.8, 4) is 17.2 Å². The van der Waals surface area contributed by atoms with Crippen molar-refractivity contribution in [1.29, 1.82) is 0 Å². The van der Waals surface area contributed by atoms with E-state index in [0.29, 0.717) is 11.1 Å². The summed E-state index contributed by atoms with van der Waals surface area (Å²) in [7, 11) is 1.65. The van der Waals surface area contributed by atoms with Crippen molar-refractivity contribution < 1.29 is 13.9 Å². The van der Waals surface area contributed by atoms with Gasteiger partial charge in [0.25, 0.3) is 11.1 Å². The summed E-state index contributed by atoms with van der Waals surface area (Å²) in [5.74, 6) is 1.33. The molecule has 2 aliphatic rings. The quantitative estimate of drug-likeness (QED) is 0.354. The first-order valence-electron chi connectivity index (χ1n) is 11.7. The zero-order valence-electron chi connectivity index (χ0n) is 19.6. The van der Waals surface area contributed by atoms with Crippen LogP contribution in [0.15, 0.2) is 87.8 Å². The zero-order chi connectivity index (χ0) is 24.5. The molecule has 2 aromatic carbocycles. The van der Waals surface area contributed by atoms with Gasteiger partial charge in [-0.25, -0.2) is 5.01 Å². The predicted molar refractivity (Wildman–Crippen MR) is 136 cm³/mol. The molecule has 0 bridgehead atoms. The second-order valence-corrected chi connectivity index (χ2v) is 9.57. The van der Waals surface area contributed by atoms with E-state index in [1.54, 1.807) is 36.6 Å². The van der Waals surface area contributed by atoms with E-state index in [1.165, 1.54) is 17.3 Å². The summed E-state index contributed by atoms with van der Waals surface area (Å²) in [6, 6.07) is 19.7. The number of ether oxygens (including phenoxy) is 1. The SMILES string of the molecule is COc1ccc([C@H]2[C@@H]3CCc4ccccc4C3=NN2C(=O)CSc2nnc(-c3ccncc3)o2)cc1. The molecule has 9 heteroatoms. The first-order valence-corrected chi connectivity index (χ1v) is 12.7. The summed E-state index contributed by atoms with van der Waals surface area (Å²) in [5.41, 5.74) is 5.21. The normalized spacial score (nSPS) is 18.4. The average molecular weight is 498 g/mol. The molecular formula is C27H23N5O3S. The molecule has 3 heterocycles. The molecule has 36 heavy (non-hydrogen) atoms. The van der Waals surface area contributed by atoms with Gasteiger partial charge in [-0.05, 0) is 48.2 Å². The molecule has 180 valence electrons. The number of nitrogens with zero attached hydrogens (tertiary/aromatic N) is 5. The Labute approximate surface area is 212 Å². The Morgan fingerprint density at radius 2 is 1.89 bits per heavy atom. The minimum atomic E-state index is -0.178. The smallest absolute Gasteiger partial charge is 0.277 e. The van der Waals surface area contributed by atoms with E-state index in [0.717, 1.165) is 41.0 Å². The van der Waals surface area contributed by atoms with Gasteiger partial charge in [0, 0.05) is 29.4 Å². The summed E-state index contributed by atoms with van der Waals surface area (Å²) in [6.07, 6.45) is 5.23. The number of benzene rings is 2. The van der Waals surface area contributed by atoms with Gasteiger partial charge in [0.1, 0.15) is 5.75 Å². The lowest BCUT2D eigenvalue weighted by atomic mass is 9.77. The molecule has 1 aliphatic carbocycles. The van der Waals surface area contributed by atoms with Gasteiger partial charge in [0.05, 0.1) is 24.6 Å². The first kappa shape index (κ1) is 22.5. The summed E-state index contributed by atoms with van der Waals surface area (Å²) in [5, 5.41) is 15.1. The van der Waals surface area contributed by atoms with Crippen molar-refractivity contribution in [3.63, 3.8) is 0 Å². The van der Waals surface area contributed by atoms with E-state index in [9.17, 15) is 4.79 Å². The lowest BCUT2D eigenvalue weighted by molar-refractivity contribution is -0.130. The monoisotopic (exact) mass is 497 g/mol. The van der Waals surface area contributed by atoms with Crippen molar-refractivity contribution in [2.75, 3.05) is 12.9 Å². The molecule has 1 aliphatic heterocycles. The Kier molecular flexibility index (Phi) is 5.98. The molecule has 2 atom stereocenters. The average Bonchev–Trinajstić information content (AvgIpc) is 3.58. The molecule has 0 saturated heterocycles. The Bertz CT molecular complexity index is 1420. The van der Waals surface area contributed by atoms with Crippen LogP contribution in [0.3, 0.4) is 0 Å². The molecule has 0 fully saturated rings. The van der Waals surface area contributed by atoms with Crippen LogP contribution in [0.4, 0.5) is 0 Å². The second-order valence-electron chi connectivity index (χ2n) is 8.64. The molecule has 4 aromatic rings. The lowest BCUT2D eigenvalue weighted by Crippen LogP contribution is -2.33. The van der Waals surface area contributed by atoms with Gasteiger partial charge in [0.2, 0.25) is 5.89 Å². The number of pyridine rings is 1. The molecule has 0 spiro atoms. The van der Waals surface area contributed by atoms with Crippen LogP contribution in [0, 0.1) is 5.92 Å². The van der Waals surface area contributed by atoms with Crippen molar-refractivity contribution in [3.05, 3.63) is 89.7 Å². The number of methoxy groups -OCH3 is 1. The van der Waals surface area contributed by atoms with Crippen LogP contribution in [0.1, 0.15) is 29.2 Å². The summed E-state index contributed by atoms with van der Waals surface area (Å²) < 4.78 is 11.1. The topological polar surface area (TPSA) is 93.7 Å². The molecule has 0 saturated carbocycles. The Hall–Kier alpha value is -3.98. The lowest BCUT2D eigenvalue weighted by Gasteiger charge is -2.29. The number of carbonyl (C=O) groups excluding carboxylic acids is 1. The van der Waals surface area contributed by atoms with E-state index in [2.05, 4.69) is 33.4 Å². The standard InChI is InChI=1S/C27H23N5O3S/c1-34-20-9-6-18(7-10-20)25-22-11-8-17-4-2-3-5-21(17)24(22)31-32(25)23(33)16-36-27-30-29-26(35-27)19-12-14-28-15-13-19/h2-7,9-10,12-15,22,25H,8,11,16H2,1H3/t22-,25+/m1/s1. The minimum absolute atomic E-state index is 0.108. The van der Waals surface area contributed by atoms with E-state index >= 15 is 0 Å². The van der Waals surface area contributed by atoms with Crippen molar-refractivity contribution in [2.45, 2.75) is 24.1 Å². The summed E-state index contributed by atoms with van der Waals surface area (Å²) in [4.78, 5) is 17.5. The highest BCUT2D eigenvalue weighted by Crippen LogP contribution is 2.44. The summed E-state index contributed by atoms with van der Waals surface area (Å²) in [6.45, 7) is 0. The maximum absolute atomic E-state index is 13.5. The third-order valence-corrected chi connectivity index (χ3v) is 7.40. The number of hydrogen-bond donors (Lipinski definition) is 0. The van der Waals surface area contributed by atoms with Gasteiger partial charge < -0.3 is 9.15 Å². The van der Waals surface area contributed by atoms with Crippen LogP contribution in [0.25, 0.3) is 11.5 Å². The van der Waals surface area contributed by atoms with Crippen LogP contribution < -0.4 is 4.74 Å². The fourth-order valence-corrected chi connectivity index (χ4v) is 5.49. The van der Waals surface area contributed by atoms with Gasteiger partial charge in [-0.2, -0.15) is 5.10 Å². The molecule has 6 rings (SSSR count). The van der Waals surface area contributed by atoms with Crippen molar-refractivity contribution in [2.24, 2.45) is 11.0 Å². The zero-order valence-corrected chi connectivity index (χ0v) is 20.4. The number of hydrogen-bond acceptors (Lipinski definition) is 8. The van der Waals surface area contributed by atoms with Gasteiger partial charge in [-0.1, -0.05) is 48.2 Å². The van der Waals surface area contributed by atoms with Crippen LogP contribution >= 0.6 is 11.8 Å². The number of rotatable bonds is 6. The Morgan fingerprint density at radius 1 is 1.08 bits per heavy atom. The highest BCUT2D eigenvalue weighted by Gasteiger charge is 2.43. The molecular weight excluding hydrogens is 474 g/mol. The fraction of sp³-hybridized carbons (Fsp3) is 0.222. The number of fused-ring (bicyclic) bond motifs is 3. The number of thioether (sulfide) groups is 1. The Balaban J connectivity index is 1.26. The number of hydrazone groups is 1. The molecule has 0 radical (unpaired) electrons. The number of aromatic nitrogens is 3. The first-order chi connectivity index (χ1) is 17.7. The van der Waals surface area contributed by atoms with Crippen LogP contribution in [0.2, 0.25) is 0 Å². The predicted octanol–water partition coefficient (Wildman–Crippen LogP) is 4.78. The number of carbonyl (C=O) groups is 1. The summed E-state index contributed by atoms with van der Waals surface area (Å²) >= 11 is 1.22. The van der Waals surface area contributed by atoms with Gasteiger partial charge >= 0.3 is 0 Å². The highest BCUT2D eigenvalue weighted by molar-refractivity contribution is 7.99. The van der Waals surface area contributed by atoms with Gasteiger partial charge in [0.15, 0.2) is 0 Å². The number of aryl methyl sites for hydroxylation is 1. The largest absolute Gasteiger partial charge is 0.497 e. The fourth-order valence-electron chi connectivity index (χ4n) is 4.87. The van der Waals surface area contributed by atoms with Crippen molar-refractivity contribution >= 4 is 23.4 Å². The van der Waals surface area contributed by atoms with Crippen LogP contribution in [-0.2, 0) is 11.2 Å². The van der Waals surface area contributed by atoms with Crippen molar-refractivity contribution in [1.82, 2.24) is 20.2 Å². The maximum Gasteiger partial charge on any atom is 0.277 e. The van der Waals surface area contributed by atoms with Crippen LogP contribution in [-0.4, -0.2) is 44.7 Å². The van der Waals surface area contributed by atoms with E-state index in [1.807, 2.05) is 30.3 Å².